The lowest BCUT2D eigenvalue weighted by atomic mass is 9.44. The zero-order chi connectivity index (χ0) is 31.9. The predicted octanol–water partition coefficient (Wildman–Crippen LogP) is 2.96. The fourth-order valence-electron chi connectivity index (χ4n) is 12.0. The standard InChI is InChI=1S/C35H49NO9/c1-8-36-18-32(19-39-3)15-14-23(41-5)35-22-16-33(38)24(42-6)17-34(44-9-2,26(29(35)36)27(43-7)28(32)35)25(22)30(33)45-31(37)20-10-12-21(40-4)13-11-20/h10-15,22-30,38H,8-9,16-19H2,1-7H3/t22-,23+,24+,25-,26+,27+,28-,29-,30-,32+,33-,34-,35+/m1/s1. The number of carbonyl (C=O) groups is 1. The van der Waals surface area contributed by atoms with Crippen molar-refractivity contribution < 1.29 is 43.1 Å². The fourth-order valence-corrected chi connectivity index (χ4v) is 12.0. The van der Waals surface area contributed by atoms with Crippen molar-refractivity contribution in [1.29, 1.82) is 0 Å². The Hall–Kier alpha value is -2.05. The topological polar surface area (TPSA) is 105 Å². The average Bonchev–Trinajstić information content (AvgIpc) is 3.42. The van der Waals surface area contributed by atoms with Crippen LogP contribution in [0.2, 0.25) is 0 Å². The highest BCUT2D eigenvalue weighted by molar-refractivity contribution is 5.89. The summed E-state index contributed by atoms with van der Waals surface area (Å²) in [5.74, 6) is -0.310. The third-order valence-corrected chi connectivity index (χ3v) is 12.9. The van der Waals surface area contributed by atoms with Crippen molar-refractivity contribution in [2.24, 2.45) is 34.5 Å². The molecule has 1 aliphatic heterocycles. The second-order valence-electron chi connectivity index (χ2n) is 14.1. The molecule has 1 aromatic carbocycles. The Balaban J connectivity index is 1.45. The van der Waals surface area contributed by atoms with E-state index in [-0.39, 0.29) is 47.3 Å². The molecule has 45 heavy (non-hydrogen) atoms. The first-order valence-corrected chi connectivity index (χ1v) is 16.4. The van der Waals surface area contributed by atoms with Gasteiger partial charge in [-0.25, -0.2) is 4.79 Å². The summed E-state index contributed by atoms with van der Waals surface area (Å²) < 4.78 is 44.1. The van der Waals surface area contributed by atoms with Crippen molar-refractivity contribution in [3.8, 4) is 5.75 Å². The number of likely N-dealkylation sites (tertiary alicyclic amines) is 1. The van der Waals surface area contributed by atoms with E-state index in [2.05, 4.69) is 24.0 Å². The smallest absolute Gasteiger partial charge is 0.338 e. The van der Waals surface area contributed by atoms with Crippen LogP contribution in [-0.4, -0.2) is 119 Å². The summed E-state index contributed by atoms with van der Waals surface area (Å²) >= 11 is 0. The van der Waals surface area contributed by atoms with Crippen LogP contribution in [0, 0.1) is 34.5 Å². The van der Waals surface area contributed by atoms with Crippen molar-refractivity contribution in [2.75, 3.05) is 61.9 Å². The molecular formula is C35H49NO9. The van der Waals surface area contributed by atoms with Gasteiger partial charge in [0.25, 0.3) is 0 Å². The minimum Gasteiger partial charge on any atom is -0.497 e. The van der Waals surface area contributed by atoms with E-state index in [1.807, 2.05) is 14.0 Å². The number of benzene rings is 1. The maximum atomic E-state index is 13.9. The van der Waals surface area contributed by atoms with E-state index in [4.69, 9.17) is 33.2 Å². The molecule has 5 fully saturated rings. The summed E-state index contributed by atoms with van der Waals surface area (Å²) in [7, 11) is 8.60. The number of hydrogen-bond donors (Lipinski definition) is 1. The molecule has 248 valence electrons. The van der Waals surface area contributed by atoms with Crippen molar-refractivity contribution >= 4 is 5.97 Å². The van der Waals surface area contributed by atoms with Crippen molar-refractivity contribution in [3.05, 3.63) is 42.0 Å². The summed E-state index contributed by atoms with van der Waals surface area (Å²) in [6.45, 7) is 6.93. The van der Waals surface area contributed by atoms with Crippen LogP contribution < -0.4 is 4.74 Å². The molecule has 13 atom stereocenters. The van der Waals surface area contributed by atoms with Crippen LogP contribution in [0.15, 0.2) is 36.4 Å². The minimum atomic E-state index is -1.41. The Bertz CT molecular complexity index is 1320. The van der Waals surface area contributed by atoms with Gasteiger partial charge in [-0.1, -0.05) is 19.1 Å². The van der Waals surface area contributed by atoms with Gasteiger partial charge in [-0.2, -0.15) is 0 Å². The molecule has 1 spiro atoms. The van der Waals surface area contributed by atoms with Crippen LogP contribution in [0.3, 0.4) is 0 Å². The molecule has 1 N–H and O–H groups in total. The number of methoxy groups -OCH3 is 5. The van der Waals surface area contributed by atoms with Gasteiger partial charge in [-0.05, 0) is 50.1 Å². The Morgan fingerprint density at radius 3 is 2.36 bits per heavy atom. The molecule has 0 aromatic heterocycles. The van der Waals surface area contributed by atoms with Crippen LogP contribution in [0.25, 0.3) is 0 Å². The predicted molar refractivity (Wildman–Crippen MR) is 164 cm³/mol. The number of ether oxygens (including phenoxy) is 7. The van der Waals surface area contributed by atoms with Gasteiger partial charge in [0.1, 0.15) is 17.5 Å². The molecule has 10 heteroatoms. The fraction of sp³-hybridized carbons (Fsp3) is 0.743. The minimum absolute atomic E-state index is 0.0388. The monoisotopic (exact) mass is 627 g/mol. The van der Waals surface area contributed by atoms with Crippen molar-refractivity contribution in [2.45, 2.75) is 68.3 Å². The maximum Gasteiger partial charge on any atom is 0.338 e. The summed E-state index contributed by atoms with van der Waals surface area (Å²) in [6, 6.07) is 6.93. The van der Waals surface area contributed by atoms with Gasteiger partial charge in [0.05, 0.1) is 43.2 Å². The molecular weight excluding hydrogens is 578 g/mol. The Kier molecular flexibility index (Phi) is 7.71. The number of carbonyl (C=O) groups excluding carboxylic acids is 1. The summed E-state index contributed by atoms with van der Waals surface area (Å²) in [6.07, 6.45) is 3.56. The van der Waals surface area contributed by atoms with E-state index in [0.29, 0.717) is 37.4 Å². The van der Waals surface area contributed by atoms with Crippen molar-refractivity contribution in [3.63, 3.8) is 0 Å². The summed E-state index contributed by atoms with van der Waals surface area (Å²) in [5, 5.41) is 12.8. The van der Waals surface area contributed by atoms with Crippen LogP contribution in [-0.2, 0) is 28.4 Å². The molecule has 7 bridgehead atoms. The summed E-state index contributed by atoms with van der Waals surface area (Å²) in [5.41, 5.74) is -2.58. The van der Waals surface area contributed by atoms with E-state index < -0.39 is 34.8 Å². The van der Waals surface area contributed by atoms with Crippen LogP contribution >= 0.6 is 0 Å². The number of hydrogen-bond acceptors (Lipinski definition) is 10. The Morgan fingerprint density at radius 2 is 1.76 bits per heavy atom. The number of nitrogens with zero attached hydrogens (tertiary/aromatic N) is 1. The van der Waals surface area contributed by atoms with Crippen LogP contribution in [0.4, 0.5) is 0 Å². The van der Waals surface area contributed by atoms with Gasteiger partial charge in [-0.15, -0.1) is 0 Å². The molecule has 1 aromatic rings. The molecule has 5 aliphatic carbocycles. The van der Waals surface area contributed by atoms with Gasteiger partial charge in [0.2, 0.25) is 0 Å². The number of aliphatic hydroxyl groups is 1. The zero-order valence-electron chi connectivity index (χ0n) is 27.6. The quantitative estimate of drug-likeness (QED) is 0.291. The van der Waals surface area contributed by atoms with Crippen molar-refractivity contribution in [1.82, 2.24) is 4.90 Å². The molecule has 0 amide bonds. The first-order valence-electron chi connectivity index (χ1n) is 16.4. The SMILES string of the molecule is CCO[C@]12C[C@H](OC)[C@]3(O)C[C@H]([C@@H]1[C@H]3OC(=O)c1ccc(OC)cc1)[C@@]13[C@@H](OC)C=C[C@@]4(COC)CN(CC)[C@@H]1[C@@H]2[C@H](OC)[C@H]43. The van der Waals surface area contributed by atoms with Gasteiger partial charge < -0.3 is 38.3 Å². The molecule has 1 heterocycles. The molecule has 0 unspecified atom stereocenters. The molecule has 10 nitrogen and oxygen atoms in total. The molecule has 6 aliphatic rings. The molecule has 7 rings (SSSR count). The van der Waals surface area contributed by atoms with E-state index in [1.54, 1.807) is 52.7 Å². The summed E-state index contributed by atoms with van der Waals surface area (Å²) in [4.78, 5) is 16.5. The van der Waals surface area contributed by atoms with E-state index in [9.17, 15) is 9.90 Å². The first kappa shape index (κ1) is 31.5. The largest absolute Gasteiger partial charge is 0.497 e. The molecule has 0 radical (unpaired) electrons. The molecule has 1 saturated heterocycles. The highest BCUT2D eigenvalue weighted by atomic mass is 16.6. The second kappa shape index (κ2) is 11.0. The normalized spacial score (nSPS) is 47.2. The number of piperidine rings is 1. The van der Waals surface area contributed by atoms with Gasteiger partial charge >= 0.3 is 5.97 Å². The lowest BCUT2D eigenvalue weighted by Crippen LogP contribution is -2.76. The number of rotatable bonds is 11. The highest BCUT2D eigenvalue weighted by Crippen LogP contribution is 2.79. The van der Waals surface area contributed by atoms with Gasteiger partial charge in [0.15, 0.2) is 0 Å². The Labute approximate surface area is 266 Å². The van der Waals surface area contributed by atoms with Gasteiger partial charge in [0, 0.05) is 82.6 Å². The maximum absolute atomic E-state index is 13.9. The van der Waals surface area contributed by atoms with E-state index >= 15 is 0 Å². The van der Waals surface area contributed by atoms with Crippen LogP contribution in [0.5, 0.6) is 5.75 Å². The van der Waals surface area contributed by atoms with Crippen LogP contribution in [0.1, 0.15) is 37.0 Å². The number of esters is 1. The second-order valence-corrected chi connectivity index (χ2v) is 14.1. The molecule has 4 saturated carbocycles. The average molecular weight is 628 g/mol. The highest BCUT2D eigenvalue weighted by Gasteiger charge is 2.88. The number of fused-ring (bicyclic) bond motifs is 2. The third-order valence-electron chi connectivity index (χ3n) is 12.9. The first-order chi connectivity index (χ1) is 21.7. The van der Waals surface area contributed by atoms with Gasteiger partial charge in [-0.3, -0.25) is 4.90 Å². The van der Waals surface area contributed by atoms with E-state index in [1.165, 1.54) is 0 Å². The Morgan fingerprint density at radius 1 is 1.00 bits per heavy atom. The third kappa shape index (κ3) is 3.79. The lowest BCUT2D eigenvalue weighted by Gasteiger charge is -2.68. The zero-order valence-corrected chi connectivity index (χ0v) is 27.6. The lowest BCUT2D eigenvalue weighted by molar-refractivity contribution is -0.283. The van der Waals surface area contributed by atoms with E-state index in [0.717, 1.165) is 13.1 Å².